The number of halogens is 3. The van der Waals surface area contributed by atoms with Gasteiger partial charge in [0.15, 0.2) is 10.9 Å². The zero-order valence-corrected chi connectivity index (χ0v) is 16.4. The minimum atomic E-state index is -0.259. The number of hydrogen-bond donors (Lipinski definition) is 1. The molecule has 0 saturated heterocycles. The van der Waals surface area contributed by atoms with Crippen molar-refractivity contribution in [3.8, 4) is 0 Å². The van der Waals surface area contributed by atoms with E-state index in [1.165, 1.54) is 18.2 Å². The fourth-order valence-electron chi connectivity index (χ4n) is 3.78. The standard InChI is InChI=1S/C22H10Cl3NO2/c23-13-8-15(25)21-17(27)6-12-14(24)9-16(26-10-4-2-1-3-5-10)22-18(28)7-11(13)19(21)20(12)22/h1-9,26H. The highest BCUT2D eigenvalue weighted by atomic mass is 35.5. The Morgan fingerprint density at radius 1 is 0.643 bits per heavy atom. The van der Waals surface area contributed by atoms with E-state index in [0.29, 0.717) is 47.7 Å². The smallest absolute Gasteiger partial charge is 0.189 e. The number of rotatable bonds is 2. The molecule has 0 bridgehead atoms. The second-order valence-corrected chi connectivity index (χ2v) is 7.80. The van der Waals surface area contributed by atoms with Crippen LogP contribution in [0.1, 0.15) is 0 Å². The Balaban J connectivity index is 2.07. The lowest BCUT2D eigenvalue weighted by Crippen LogP contribution is -2.11. The average Bonchev–Trinajstić information content (AvgIpc) is 2.65. The maximum Gasteiger partial charge on any atom is 0.189 e. The van der Waals surface area contributed by atoms with E-state index < -0.39 is 0 Å². The van der Waals surface area contributed by atoms with Gasteiger partial charge in [0.1, 0.15) is 0 Å². The number of benzene rings is 3. The van der Waals surface area contributed by atoms with Gasteiger partial charge in [-0.05, 0) is 36.4 Å². The third-order valence-electron chi connectivity index (χ3n) is 4.93. The van der Waals surface area contributed by atoms with Crippen molar-refractivity contribution in [1.29, 1.82) is 0 Å². The van der Waals surface area contributed by atoms with E-state index in [1.807, 2.05) is 30.3 Å². The van der Waals surface area contributed by atoms with Crippen LogP contribution in [0.4, 0.5) is 11.4 Å². The molecule has 0 fully saturated rings. The highest BCUT2D eigenvalue weighted by Gasteiger charge is 2.19. The SMILES string of the molecule is O=c1cc2c(Cl)cc(Nc3ccccc3)c3c(=O)cc4c(Cl)cc(Cl)c1c4=c23. The molecule has 28 heavy (non-hydrogen) atoms. The Hall–Kier alpha value is -2.59. The molecule has 6 heteroatoms. The Bertz CT molecular complexity index is 1550. The molecular formula is C22H10Cl3NO2. The van der Waals surface area contributed by atoms with Crippen LogP contribution in [0.3, 0.4) is 0 Å². The summed E-state index contributed by atoms with van der Waals surface area (Å²) in [7, 11) is 0. The third-order valence-corrected chi connectivity index (χ3v) is 5.86. The summed E-state index contributed by atoms with van der Waals surface area (Å²) in [6, 6.07) is 15.5. The molecule has 2 aliphatic carbocycles. The molecule has 0 saturated carbocycles. The van der Waals surface area contributed by atoms with Crippen LogP contribution in [0.2, 0.25) is 15.1 Å². The van der Waals surface area contributed by atoms with Crippen molar-refractivity contribution in [2.24, 2.45) is 0 Å². The first-order valence-corrected chi connectivity index (χ1v) is 9.58. The van der Waals surface area contributed by atoms with Crippen LogP contribution in [-0.4, -0.2) is 0 Å². The van der Waals surface area contributed by atoms with Crippen LogP contribution in [0.15, 0.2) is 64.2 Å². The van der Waals surface area contributed by atoms with Gasteiger partial charge in [0.05, 0.1) is 26.1 Å². The van der Waals surface area contributed by atoms with E-state index in [1.54, 1.807) is 6.07 Å². The molecule has 0 radical (unpaired) electrons. The molecule has 0 aromatic heterocycles. The molecule has 2 aliphatic rings. The molecule has 0 aliphatic heterocycles. The van der Waals surface area contributed by atoms with Crippen LogP contribution < -0.4 is 16.2 Å². The monoisotopic (exact) mass is 425 g/mol. The van der Waals surface area contributed by atoms with Gasteiger partial charge in [0.2, 0.25) is 0 Å². The third kappa shape index (κ3) is 2.44. The zero-order chi connectivity index (χ0) is 19.6. The van der Waals surface area contributed by atoms with Crippen LogP contribution in [-0.2, 0) is 0 Å². The summed E-state index contributed by atoms with van der Waals surface area (Å²) in [5, 5.41) is 7.13. The van der Waals surface area contributed by atoms with Crippen LogP contribution in [0.5, 0.6) is 0 Å². The van der Waals surface area contributed by atoms with Crippen LogP contribution in [0.25, 0.3) is 21.5 Å². The minimum absolute atomic E-state index is 0.211. The van der Waals surface area contributed by atoms with E-state index in [0.717, 1.165) is 5.69 Å². The molecule has 3 aromatic rings. The van der Waals surface area contributed by atoms with Crippen LogP contribution in [0, 0.1) is 10.4 Å². The number of nitrogens with one attached hydrogen (secondary N) is 1. The molecule has 1 N–H and O–H groups in total. The molecule has 136 valence electrons. The highest BCUT2D eigenvalue weighted by molar-refractivity contribution is 6.39. The second kappa shape index (κ2) is 6.21. The second-order valence-electron chi connectivity index (χ2n) is 6.58. The van der Waals surface area contributed by atoms with E-state index in [4.69, 9.17) is 34.8 Å². The molecule has 5 rings (SSSR count). The highest BCUT2D eigenvalue weighted by Crippen LogP contribution is 2.36. The fraction of sp³-hybridized carbons (Fsp3) is 0. The van der Waals surface area contributed by atoms with E-state index in [-0.39, 0.29) is 15.9 Å². The first-order valence-electron chi connectivity index (χ1n) is 8.45. The maximum absolute atomic E-state index is 13.0. The Morgan fingerprint density at radius 2 is 1.21 bits per heavy atom. The van der Waals surface area contributed by atoms with Crippen molar-refractivity contribution in [3.05, 3.63) is 101 Å². The van der Waals surface area contributed by atoms with Crippen molar-refractivity contribution in [2.45, 2.75) is 0 Å². The number of para-hydroxylation sites is 1. The number of hydrogen-bond acceptors (Lipinski definition) is 3. The minimum Gasteiger partial charge on any atom is -0.355 e. The Kier molecular flexibility index (Phi) is 3.88. The first-order chi connectivity index (χ1) is 13.5. The van der Waals surface area contributed by atoms with Crippen LogP contribution >= 0.6 is 34.8 Å². The molecule has 0 heterocycles. The van der Waals surface area contributed by atoms with Crippen molar-refractivity contribution in [3.63, 3.8) is 0 Å². The molecule has 3 nitrogen and oxygen atoms in total. The van der Waals surface area contributed by atoms with Gasteiger partial charge in [-0.2, -0.15) is 0 Å². The predicted octanol–water partition coefficient (Wildman–Crippen LogP) is 6.02. The van der Waals surface area contributed by atoms with E-state index >= 15 is 0 Å². The van der Waals surface area contributed by atoms with Gasteiger partial charge < -0.3 is 5.32 Å². The van der Waals surface area contributed by atoms with Gasteiger partial charge in [0, 0.05) is 32.3 Å². The first kappa shape index (κ1) is 17.5. The fourth-order valence-corrected chi connectivity index (χ4v) is 4.65. The molecule has 0 spiro atoms. The molecule has 0 amide bonds. The van der Waals surface area contributed by atoms with Crippen molar-refractivity contribution in [1.82, 2.24) is 0 Å². The molecular weight excluding hydrogens is 417 g/mol. The van der Waals surface area contributed by atoms with E-state index in [2.05, 4.69) is 5.32 Å². The van der Waals surface area contributed by atoms with Gasteiger partial charge in [-0.15, -0.1) is 0 Å². The van der Waals surface area contributed by atoms with Crippen molar-refractivity contribution in [2.75, 3.05) is 5.32 Å². The van der Waals surface area contributed by atoms with Gasteiger partial charge in [-0.25, -0.2) is 0 Å². The number of anilines is 2. The average molecular weight is 427 g/mol. The summed E-state index contributed by atoms with van der Waals surface area (Å²) >= 11 is 19.2. The van der Waals surface area contributed by atoms with Gasteiger partial charge in [-0.3, -0.25) is 9.59 Å². The summed E-state index contributed by atoms with van der Waals surface area (Å²) in [6.45, 7) is 0. The predicted molar refractivity (Wildman–Crippen MR) is 116 cm³/mol. The van der Waals surface area contributed by atoms with E-state index in [9.17, 15) is 9.59 Å². The summed E-state index contributed by atoms with van der Waals surface area (Å²) in [5.41, 5.74) is 0.904. The van der Waals surface area contributed by atoms with Crippen molar-refractivity contribution >= 4 is 67.7 Å². The summed E-state index contributed by atoms with van der Waals surface area (Å²) in [5.74, 6) is 0. The molecule has 3 aromatic carbocycles. The maximum atomic E-state index is 13.0. The summed E-state index contributed by atoms with van der Waals surface area (Å²) < 4.78 is 0. The molecule has 0 unspecified atom stereocenters. The van der Waals surface area contributed by atoms with Gasteiger partial charge >= 0.3 is 0 Å². The summed E-state index contributed by atoms with van der Waals surface area (Å²) in [6.07, 6.45) is 0. The largest absolute Gasteiger partial charge is 0.355 e. The van der Waals surface area contributed by atoms with Crippen molar-refractivity contribution < 1.29 is 0 Å². The normalized spacial score (nSPS) is 11.7. The Labute approximate surface area is 173 Å². The lowest BCUT2D eigenvalue weighted by molar-refractivity contribution is 1.49. The zero-order valence-electron chi connectivity index (χ0n) is 14.1. The topological polar surface area (TPSA) is 46.2 Å². The van der Waals surface area contributed by atoms with Gasteiger partial charge in [-0.1, -0.05) is 53.0 Å². The molecule has 0 atom stereocenters. The quantitative estimate of drug-likeness (QED) is 0.375. The Morgan fingerprint density at radius 3 is 1.89 bits per heavy atom. The lowest BCUT2D eigenvalue weighted by Gasteiger charge is -2.14. The lowest BCUT2D eigenvalue weighted by atomic mass is 9.95. The summed E-state index contributed by atoms with van der Waals surface area (Å²) in [4.78, 5) is 25.8. The van der Waals surface area contributed by atoms with Gasteiger partial charge in [0.25, 0.3) is 0 Å².